The summed E-state index contributed by atoms with van der Waals surface area (Å²) in [4.78, 5) is 0. The Morgan fingerprint density at radius 2 is 1.65 bits per heavy atom. The lowest BCUT2D eigenvalue weighted by molar-refractivity contribution is 0.437. The zero-order valence-electron chi connectivity index (χ0n) is 8.58. The van der Waals surface area contributed by atoms with E-state index in [-0.39, 0.29) is 17.2 Å². The zero-order chi connectivity index (χ0) is 12.4. The lowest BCUT2D eigenvalue weighted by Crippen LogP contribution is -1.96. The van der Waals surface area contributed by atoms with Crippen LogP contribution in [0.4, 0.5) is 18.9 Å². The third-order valence-electron chi connectivity index (χ3n) is 2.13. The van der Waals surface area contributed by atoms with E-state index in [4.69, 9.17) is 10.5 Å². The fraction of sp³-hybridized carbons (Fsp3) is 0. The molecule has 0 bridgehead atoms. The average Bonchev–Trinajstić information content (AvgIpc) is 2.28. The molecule has 0 spiro atoms. The minimum Gasteiger partial charge on any atom is -0.452 e. The molecule has 5 heteroatoms. The first-order valence-electron chi connectivity index (χ1n) is 4.75. The van der Waals surface area contributed by atoms with E-state index >= 15 is 0 Å². The Balaban J connectivity index is 2.35. The second-order valence-electron chi connectivity index (χ2n) is 3.33. The second kappa shape index (κ2) is 4.37. The summed E-state index contributed by atoms with van der Waals surface area (Å²) >= 11 is 0. The minimum absolute atomic E-state index is 0.0180. The smallest absolute Gasteiger partial charge is 0.168 e. The lowest BCUT2D eigenvalue weighted by atomic mass is 10.2. The van der Waals surface area contributed by atoms with Crippen LogP contribution in [0, 0.1) is 17.5 Å². The first kappa shape index (κ1) is 11.3. The molecule has 2 nitrogen and oxygen atoms in total. The normalized spacial score (nSPS) is 10.3. The van der Waals surface area contributed by atoms with Crippen molar-refractivity contribution in [2.24, 2.45) is 0 Å². The second-order valence-corrected chi connectivity index (χ2v) is 3.33. The van der Waals surface area contributed by atoms with Crippen molar-refractivity contribution in [1.29, 1.82) is 0 Å². The van der Waals surface area contributed by atoms with Crippen LogP contribution in [0.5, 0.6) is 11.5 Å². The van der Waals surface area contributed by atoms with Crippen molar-refractivity contribution in [3.63, 3.8) is 0 Å². The molecule has 0 radical (unpaired) electrons. The molecule has 0 atom stereocenters. The summed E-state index contributed by atoms with van der Waals surface area (Å²) in [6.07, 6.45) is 0. The molecule has 0 amide bonds. The molecule has 0 saturated heterocycles. The monoisotopic (exact) mass is 239 g/mol. The van der Waals surface area contributed by atoms with Gasteiger partial charge in [0.2, 0.25) is 0 Å². The summed E-state index contributed by atoms with van der Waals surface area (Å²) in [5, 5.41) is 0. The van der Waals surface area contributed by atoms with Crippen LogP contribution in [0.3, 0.4) is 0 Å². The Morgan fingerprint density at radius 1 is 0.882 bits per heavy atom. The Morgan fingerprint density at radius 3 is 2.35 bits per heavy atom. The molecule has 2 aromatic carbocycles. The van der Waals surface area contributed by atoms with Gasteiger partial charge in [0, 0.05) is 6.07 Å². The fourth-order valence-corrected chi connectivity index (χ4v) is 1.28. The fourth-order valence-electron chi connectivity index (χ4n) is 1.28. The Kier molecular flexibility index (Phi) is 2.91. The van der Waals surface area contributed by atoms with Crippen LogP contribution in [0.15, 0.2) is 36.4 Å². The third-order valence-corrected chi connectivity index (χ3v) is 2.13. The van der Waals surface area contributed by atoms with Gasteiger partial charge in [0.05, 0.1) is 0 Å². The van der Waals surface area contributed by atoms with E-state index in [1.165, 1.54) is 12.1 Å². The predicted molar refractivity (Wildman–Crippen MR) is 57.2 cm³/mol. The topological polar surface area (TPSA) is 35.2 Å². The zero-order valence-corrected chi connectivity index (χ0v) is 8.58. The summed E-state index contributed by atoms with van der Waals surface area (Å²) < 4.78 is 44.1. The van der Waals surface area contributed by atoms with Crippen LogP contribution >= 0.6 is 0 Å². The molecule has 0 aliphatic rings. The largest absolute Gasteiger partial charge is 0.452 e. The van der Waals surface area contributed by atoms with Crippen molar-refractivity contribution in [2.75, 3.05) is 5.73 Å². The number of anilines is 1. The van der Waals surface area contributed by atoms with E-state index in [9.17, 15) is 13.2 Å². The van der Waals surface area contributed by atoms with E-state index in [1.54, 1.807) is 0 Å². The number of benzene rings is 2. The maximum Gasteiger partial charge on any atom is 0.168 e. The van der Waals surface area contributed by atoms with Gasteiger partial charge in [-0.05, 0) is 24.3 Å². The molecule has 17 heavy (non-hydrogen) atoms. The van der Waals surface area contributed by atoms with E-state index in [2.05, 4.69) is 0 Å². The van der Waals surface area contributed by atoms with Gasteiger partial charge >= 0.3 is 0 Å². The first-order chi connectivity index (χ1) is 8.08. The van der Waals surface area contributed by atoms with E-state index in [0.29, 0.717) is 6.07 Å². The van der Waals surface area contributed by atoms with E-state index < -0.39 is 17.5 Å². The highest BCUT2D eigenvalue weighted by Crippen LogP contribution is 2.30. The van der Waals surface area contributed by atoms with Crippen molar-refractivity contribution >= 4 is 5.69 Å². The molecular formula is C12H8F3NO. The lowest BCUT2D eigenvalue weighted by Gasteiger charge is -2.09. The molecule has 0 aromatic heterocycles. The van der Waals surface area contributed by atoms with Gasteiger partial charge in [-0.2, -0.15) is 0 Å². The number of para-hydroxylation sites is 1. The predicted octanol–water partition coefficient (Wildman–Crippen LogP) is 3.48. The van der Waals surface area contributed by atoms with Gasteiger partial charge in [0.1, 0.15) is 17.3 Å². The van der Waals surface area contributed by atoms with E-state index in [0.717, 1.165) is 18.2 Å². The van der Waals surface area contributed by atoms with Crippen LogP contribution in [0.1, 0.15) is 0 Å². The van der Waals surface area contributed by atoms with Crippen LogP contribution in [0.2, 0.25) is 0 Å². The van der Waals surface area contributed by atoms with Crippen molar-refractivity contribution in [1.82, 2.24) is 0 Å². The number of hydrogen-bond donors (Lipinski definition) is 1. The molecule has 88 valence electrons. The van der Waals surface area contributed by atoms with Crippen molar-refractivity contribution in [2.45, 2.75) is 0 Å². The molecule has 0 unspecified atom stereocenters. The number of nitrogens with two attached hydrogens (primary N) is 1. The number of ether oxygens (including phenoxy) is 1. The summed E-state index contributed by atoms with van der Waals surface area (Å²) in [7, 11) is 0. The van der Waals surface area contributed by atoms with Crippen molar-refractivity contribution in [3.8, 4) is 11.5 Å². The molecule has 2 N–H and O–H groups in total. The molecule has 2 rings (SSSR count). The molecule has 0 aliphatic heterocycles. The van der Waals surface area contributed by atoms with Gasteiger partial charge in [-0.15, -0.1) is 0 Å². The summed E-state index contributed by atoms with van der Waals surface area (Å²) in [6.45, 7) is 0. The Labute approximate surface area is 95.4 Å². The van der Waals surface area contributed by atoms with Crippen molar-refractivity contribution in [3.05, 3.63) is 53.8 Å². The first-order valence-corrected chi connectivity index (χ1v) is 4.75. The molecule has 0 saturated carbocycles. The molecule has 0 aliphatic carbocycles. The number of nitrogen functional groups attached to an aromatic ring is 1. The Bertz CT molecular complexity index is 557. The summed E-state index contributed by atoms with van der Waals surface area (Å²) in [5.41, 5.74) is 5.19. The standard InChI is InChI=1S/C12H8F3NO/c13-7-4-5-10(9(15)6-7)17-11-3-1-2-8(14)12(11)16/h1-6H,16H2. The van der Waals surface area contributed by atoms with Gasteiger partial charge in [0.25, 0.3) is 0 Å². The van der Waals surface area contributed by atoms with Gasteiger partial charge in [-0.25, -0.2) is 13.2 Å². The highest BCUT2D eigenvalue weighted by Gasteiger charge is 2.10. The average molecular weight is 239 g/mol. The minimum atomic E-state index is -0.881. The molecule has 0 fully saturated rings. The maximum atomic E-state index is 13.3. The number of halogens is 3. The Hall–Kier alpha value is -2.17. The summed E-state index contributed by atoms with van der Waals surface area (Å²) in [6, 6.07) is 6.74. The number of hydrogen-bond acceptors (Lipinski definition) is 2. The van der Waals surface area contributed by atoms with Gasteiger partial charge in [-0.1, -0.05) is 6.07 Å². The highest BCUT2D eigenvalue weighted by molar-refractivity contribution is 5.54. The third kappa shape index (κ3) is 2.33. The van der Waals surface area contributed by atoms with Gasteiger partial charge in [-0.3, -0.25) is 0 Å². The van der Waals surface area contributed by atoms with E-state index in [1.807, 2.05) is 0 Å². The van der Waals surface area contributed by atoms with Crippen LogP contribution in [0.25, 0.3) is 0 Å². The number of rotatable bonds is 2. The SMILES string of the molecule is Nc1c(F)cccc1Oc1ccc(F)cc1F. The van der Waals surface area contributed by atoms with Gasteiger partial charge in [0.15, 0.2) is 17.3 Å². The molecule has 0 heterocycles. The van der Waals surface area contributed by atoms with Gasteiger partial charge < -0.3 is 10.5 Å². The molecular weight excluding hydrogens is 231 g/mol. The quantitative estimate of drug-likeness (QED) is 0.814. The van der Waals surface area contributed by atoms with Crippen molar-refractivity contribution < 1.29 is 17.9 Å². The molecule has 2 aromatic rings. The van der Waals surface area contributed by atoms with Crippen LogP contribution in [-0.4, -0.2) is 0 Å². The van der Waals surface area contributed by atoms with Crippen LogP contribution < -0.4 is 10.5 Å². The summed E-state index contributed by atoms with van der Waals surface area (Å²) in [5.74, 6) is -2.50. The highest BCUT2D eigenvalue weighted by atomic mass is 19.1. The maximum absolute atomic E-state index is 13.3. The van der Waals surface area contributed by atoms with Crippen LogP contribution in [-0.2, 0) is 0 Å².